The van der Waals surface area contributed by atoms with Gasteiger partial charge in [0.1, 0.15) is 11.3 Å². The van der Waals surface area contributed by atoms with E-state index >= 15 is 0 Å². The average Bonchev–Trinajstić information content (AvgIpc) is 2.83. The minimum atomic E-state index is -3.50. The summed E-state index contributed by atoms with van der Waals surface area (Å²) < 4.78 is 29.5. The zero-order chi connectivity index (χ0) is 16.8. The molecule has 9 heteroatoms. The van der Waals surface area contributed by atoms with Crippen LogP contribution in [0.15, 0.2) is 0 Å². The molecule has 126 valence electrons. The van der Waals surface area contributed by atoms with Gasteiger partial charge in [-0.25, -0.2) is 9.97 Å². The predicted molar refractivity (Wildman–Crippen MR) is 89.1 cm³/mol. The number of hydrogen-bond donors (Lipinski definition) is 2. The van der Waals surface area contributed by atoms with Gasteiger partial charge in [-0.05, 0) is 38.2 Å². The third-order valence-electron chi connectivity index (χ3n) is 4.27. The number of nitrogens with two attached hydrogens (primary N) is 1. The molecule has 23 heavy (non-hydrogen) atoms. The molecule has 0 saturated carbocycles. The van der Waals surface area contributed by atoms with Gasteiger partial charge in [0.05, 0.1) is 12.2 Å². The van der Waals surface area contributed by atoms with E-state index in [-0.39, 0.29) is 6.67 Å². The summed E-state index contributed by atoms with van der Waals surface area (Å²) in [6.07, 6.45) is 4.03. The second kappa shape index (κ2) is 5.73. The van der Waals surface area contributed by atoms with Crippen molar-refractivity contribution < 1.29 is 8.42 Å². The summed E-state index contributed by atoms with van der Waals surface area (Å²) in [4.78, 5) is 8.98. The highest BCUT2D eigenvalue weighted by Crippen LogP contribution is 2.31. The molecule has 0 aliphatic heterocycles. The highest BCUT2D eigenvalue weighted by molar-refractivity contribution is 7.87. The molecule has 0 atom stereocenters. The lowest BCUT2D eigenvalue weighted by Crippen LogP contribution is -2.36. The third kappa shape index (κ3) is 2.79. The van der Waals surface area contributed by atoms with Gasteiger partial charge in [0.15, 0.2) is 5.82 Å². The summed E-state index contributed by atoms with van der Waals surface area (Å²) >= 11 is 0. The molecule has 0 spiro atoms. The van der Waals surface area contributed by atoms with Crippen LogP contribution < -0.4 is 10.5 Å². The first-order valence-corrected chi connectivity index (χ1v) is 9.06. The molecule has 0 aromatic carbocycles. The molecule has 1 aliphatic carbocycles. The lowest BCUT2D eigenvalue weighted by molar-refractivity contribution is 0.493. The maximum absolute atomic E-state index is 12.0. The van der Waals surface area contributed by atoms with Crippen molar-refractivity contribution in [1.82, 2.24) is 23.6 Å². The Morgan fingerprint density at radius 3 is 2.65 bits per heavy atom. The van der Waals surface area contributed by atoms with Gasteiger partial charge in [0.25, 0.3) is 10.2 Å². The van der Waals surface area contributed by atoms with E-state index in [1.54, 1.807) is 0 Å². The highest BCUT2D eigenvalue weighted by Gasteiger charge is 2.22. The van der Waals surface area contributed by atoms with Crippen molar-refractivity contribution in [1.29, 1.82) is 0 Å². The molecule has 0 bridgehead atoms. The van der Waals surface area contributed by atoms with E-state index in [9.17, 15) is 8.42 Å². The maximum atomic E-state index is 12.0. The van der Waals surface area contributed by atoms with Crippen LogP contribution in [-0.2, 0) is 29.7 Å². The van der Waals surface area contributed by atoms with Crippen LogP contribution in [0.2, 0.25) is 0 Å². The van der Waals surface area contributed by atoms with Crippen LogP contribution in [0.3, 0.4) is 0 Å². The number of imidazole rings is 1. The first kappa shape index (κ1) is 16.2. The Kier molecular flexibility index (Phi) is 4.03. The molecule has 2 aromatic heterocycles. The van der Waals surface area contributed by atoms with Crippen LogP contribution in [0, 0.1) is 6.92 Å². The summed E-state index contributed by atoms with van der Waals surface area (Å²) in [5, 5.41) is 0. The average molecular weight is 338 g/mol. The van der Waals surface area contributed by atoms with Crippen molar-refractivity contribution in [2.75, 3.05) is 19.8 Å². The summed E-state index contributed by atoms with van der Waals surface area (Å²) in [5.74, 6) is 1.13. The monoisotopic (exact) mass is 338 g/mol. The molecule has 3 N–H and O–H groups in total. The first-order valence-electron chi connectivity index (χ1n) is 7.62. The summed E-state index contributed by atoms with van der Waals surface area (Å²) in [6, 6.07) is 0. The van der Waals surface area contributed by atoms with E-state index in [1.165, 1.54) is 14.1 Å². The number of pyridine rings is 1. The number of nitrogens with zero attached hydrogens (tertiary/aromatic N) is 4. The van der Waals surface area contributed by atoms with Crippen LogP contribution in [0.1, 0.15) is 29.9 Å². The molecule has 0 fully saturated rings. The third-order valence-corrected chi connectivity index (χ3v) is 5.72. The van der Waals surface area contributed by atoms with Crippen LogP contribution in [0.5, 0.6) is 0 Å². The second-order valence-corrected chi connectivity index (χ2v) is 7.97. The molecule has 0 unspecified atom stereocenters. The van der Waals surface area contributed by atoms with Crippen LogP contribution in [-0.4, -0.2) is 41.4 Å². The fourth-order valence-corrected chi connectivity index (χ4v) is 3.53. The molecule has 3 rings (SSSR count). The molecule has 0 radical (unpaired) electrons. The number of anilines is 1. The molecular weight excluding hydrogens is 316 g/mol. The normalized spacial score (nSPS) is 15.3. The summed E-state index contributed by atoms with van der Waals surface area (Å²) in [5.41, 5.74) is 9.78. The van der Waals surface area contributed by atoms with Crippen molar-refractivity contribution in [3.8, 4) is 0 Å². The summed E-state index contributed by atoms with van der Waals surface area (Å²) in [7, 11) is -0.521. The number of rotatable bonds is 4. The van der Waals surface area contributed by atoms with Crippen LogP contribution >= 0.6 is 0 Å². The minimum absolute atomic E-state index is 0.124. The highest BCUT2D eigenvalue weighted by atomic mass is 32.2. The molecule has 1 aliphatic rings. The van der Waals surface area contributed by atoms with Crippen molar-refractivity contribution in [3.05, 3.63) is 17.1 Å². The number of nitrogens with one attached hydrogen (secondary N) is 1. The van der Waals surface area contributed by atoms with Gasteiger partial charge in [0, 0.05) is 19.8 Å². The van der Waals surface area contributed by atoms with E-state index in [0.29, 0.717) is 17.2 Å². The molecule has 8 nitrogen and oxygen atoms in total. The number of aryl methyl sites for hydroxylation is 3. The number of fused-ring (bicyclic) bond motifs is 3. The quantitative estimate of drug-likeness (QED) is 0.847. The fraction of sp³-hybridized carbons (Fsp3) is 0.571. The zero-order valence-corrected chi connectivity index (χ0v) is 14.4. The van der Waals surface area contributed by atoms with Crippen molar-refractivity contribution in [2.24, 2.45) is 0 Å². The smallest absolute Gasteiger partial charge is 0.280 e. The van der Waals surface area contributed by atoms with E-state index in [2.05, 4.69) is 14.7 Å². The Labute approximate surface area is 135 Å². The molecular formula is C14H22N6O2S. The fourth-order valence-electron chi connectivity index (χ4n) is 2.98. The van der Waals surface area contributed by atoms with E-state index < -0.39 is 10.2 Å². The standard InChI is InChI=1S/C14H22N6O2S/c1-9-17-12-13(20(9)8-16-23(21,22)19(2)3)10-6-4-5-7-11(10)18-14(12)15/h16H,4-8H2,1-3H3,(H2,15,18). The SMILES string of the molecule is Cc1nc2c(N)nc3c(c2n1CNS(=O)(=O)N(C)C)CCCC3. The van der Waals surface area contributed by atoms with Crippen molar-refractivity contribution in [3.63, 3.8) is 0 Å². The summed E-state index contributed by atoms with van der Waals surface area (Å²) in [6.45, 7) is 1.97. The lowest BCUT2D eigenvalue weighted by atomic mass is 9.95. The Hall–Kier alpha value is -1.71. The van der Waals surface area contributed by atoms with E-state index in [1.807, 2.05) is 11.5 Å². The van der Waals surface area contributed by atoms with E-state index in [0.717, 1.165) is 46.8 Å². The number of nitrogen functional groups attached to an aromatic ring is 1. The Balaban J connectivity index is 2.10. The minimum Gasteiger partial charge on any atom is -0.382 e. The van der Waals surface area contributed by atoms with Crippen molar-refractivity contribution >= 4 is 27.1 Å². The van der Waals surface area contributed by atoms with Gasteiger partial charge < -0.3 is 10.3 Å². The van der Waals surface area contributed by atoms with Gasteiger partial charge in [-0.3, -0.25) is 0 Å². The van der Waals surface area contributed by atoms with Gasteiger partial charge in [-0.15, -0.1) is 0 Å². The maximum Gasteiger partial charge on any atom is 0.280 e. The molecule has 2 heterocycles. The van der Waals surface area contributed by atoms with Gasteiger partial charge in [0.2, 0.25) is 0 Å². The second-order valence-electron chi connectivity index (χ2n) is 6.00. The van der Waals surface area contributed by atoms with Gasteiger partial charge in [-0.1, -0.05) is 0 Å². The number of aromatic nitrogens is 3. The zero-order valence-electron chi connectivity index (χ0n) is 13.6. The van der Waals surface area contributed by atoms with E-state index in [4.69, 9.17) is 5.73 Å². The van der Waals surface area contributed by atoms with Crippen LogP contribution in [0.25, 0.3) is 11.0 Å². The number of hydrogen-bond acceptors (Lipinski definition) is 5. The van der Waals surface area contributed by atoms with Gasteiger partial charge >= 0.3 is 0 Å². The largest absolute Gasteiger partial charge is 0.382 e. The first-order chi connectivity index (χ1) is 10.8. The van der Waals surface area contributed by atoms with Gasteiger partial charge in [-0.2, -0.15) is 17.4 Å². The van der Waals surface area contributed by atoms with Crippen molar-refractivity contribution in [2.45, 2.75) is 39.3 Å². The Morgan fingerprint density at radius 2 is 1.96 bits per heavy atom. The molecule has 0 amide bonds. The Bertz CT molecular complexity index is 856. The predicted octanol–water partition coefficient (Wildman–Crippen LogP) is 0.554. The molecule has 0 saturated heterocycles. The van der Waals surface area contributed by atoms with Crippen LogP contribution in [0.4, 0.5) is 5.82 Å². The topological polar surface area (TPSA) is 106 Å². The molecule has 2 aromatic rings. The lowest BCUT2D eigenvalue weighted by Gasteiger charge is -2.19. The Morgan fingerprint density at radius 1 is 1.26 bits per heavy atom.